The van der Waals surface area contributed by atoms with Gasteiger partial charge in [-0.3, -0.25) is 0 Å². The Morgan fingerprint density at radius 2 is 2.33 bits per heavy atom. The van der Waals surface area contributed by atoms with Gasteiger partial charge in [0, 0.05) is 19.1 Å². The van der Waals surface area contributed by atoms with Crippen LogP contribution in [0.15, 0.2) is 0 Å². The summed E-state index contributed by atoms with van der Waals surface area (Å²) in [5, 5.41) is 12.0. The molecule has 1 rings (SSSR count). The summed E-state index contributed by atoms with van der Waals surface area (Å²) in [5.74, 6) is 0.693. The third-order valence-corrected chi connectivity index (χ3v) is 2.25. The van der Waals surface area contributed by atoms with Gasteiger partial charge in [0.1, 0.15) is 0 Å². The number of hydrogen-bond donors (Lipinski definition) is 1. The highest BCUT2D eigenvalue weighted by Crippen LogP contribution is 2.05. The van der Waals surface area contributed by atoms with E-state index in [9.17, 15) is 0 Å². The first-order chi connectivity index (χ1) is 5.72. The molecule has 1 saturated heterocycles. The average molecular weight is 167 g/mol. The van der Waals surface area contributed by atoms with E-state index < -0.39 is 0 Å². The van der Waals surface area contributed by atoms with Crippen LogP contribution in [0.2, 0.25) is 0 Å². The second kappa shape index (κ2) is 4.44. The Hall–Kier alpha value is -0.590. The van der Waals surface area contributed by atoms with Crippen molar-refractivity contribution in [3.05, 3.63) is 0 Å². The van der Waals surface area contributed by atoms with Crippen LogP contribution in [0.3, 0.4) is 0 Å². The van der Waals surface area contributed by atoms with Gasteiger partial charge in [-0.05, 0) is 19.5 Å². The summed E-state index contributed by atoms with van der Waals surface area (Å²) in [7, 11) is 2.12. The molecule has 0 saturated carbocycles. The predicted molar refractivity (Wildman–Crippen MR) is 48.7 cm³/mol. The number of likely N-dealkylation sites (N-methyl/N-ethyl adjacent to an activating group) is 1. The molecule has 2 unspecified atom stereocenters. The Morgan fingerprint density at radius 1 is 1.58 bits per heavy atom. The lowest BCUT2D eigenvalue weighted by Crippen LogP contribution is -2.35. The number of nitriles is 1. The summed E-state index contributed by atoms with van der Waals surface area (Å²) in [5.41, 5.74) is 0. The lowest BCUT2D eigenvalue weighted by atomic mass is 10.2. The monoisotopic (exact) mass is 167 g/mol. The van der Waals surface area contributed by atoms with Gasteiger partial charge in [0.2, 0.25) is 0 Å². The van der Waals surface area contributed by atoms with Gasteiger partial charge in [0.05, 0.1) is 12.5 Å². The molecule has 3 heteroatoms. The van der Waals surface area contributed by atoms with Gasteiger partial charge in [0.15, 0.2) is 0 Å². The van der Waals surface area contributed by atoms with Crippen molar-refractivity contribution in [2.75, 3.05) is 26.7 Å². The van der Waals surface area contributed by atoms with Gasteiger partial charge in [0.25, 0.3) is 0 Å². The van der Waals surface area contributed by atoms with Crippen molar-refractivity contribution in [2.24, 2.45) is 5.92 Å². The van der Waals surface area contributed by atoms with Gasteiger partial charge in [-0.25, -0.2) is 0 Å². The fraction of sp³-hybridized carbons (Fsp3) is 0.889. The fourth-order valence-corrected chi connectivity index (χ4v) is 1.73. The zero-order chi connectivity index (χ0) is 8.97. The summed E-state index contributed by atoms with van der Waals surface area (Å²) in [4.78, 5) is 2.30. The molecule has 0 amide bonds. The van der Waals surface area contributed by atoms with Crippen LogP contribution < -0.4 is 5.32 Å². The van der Waals surface area contributed by atoms with E-state index in [-0.39, 0.29) is 0 Å². The first-order valence-corrected chi connectivity index (χ1v) is 4.51. The van der Waals surface area contributed by atoms with Crippen molar-refractivity contribution < 1.29 is 0 Å². The standard InChI is InChI=1S/C9H17N3/c1-8-5-11-9(3-4-10)7-12(2)6-8/h8-9,11H,3,5-7H2,1-2H3. The van der Waals surface area contributed by atoms with E-state index in [2.05, 4.69) is 30.3 Å². The molecule has 3 nitrogen and oxygen atoms in total. The van der Waals surface area contributed by atoms with Crippen molar-refractivity contribution in [2.45, 2.75) is 19.4 Å². The van der Waals surface area contributed by atoms with Crippen LogP contribution in [0.4, 0.5) is 0 Å². The number of nitrogens with zero attached hydrogens (tertiary/aromatic N) is 2. The smallest absolute Gasteiger partial charge is 0.0638 e. The van der Waals surface area contributed by atoms with Gasteiger partial charge < -0.3 is 10.2 Å². The van der Waals surface area contributed by atoms with E-state index >= 15 is 0 Å². The molecule has 1 aliphatic heterocycles. The normalized spacial score (nSPS) is 32.4. The SMILES string of the molecule is CC1CNC(CC#N)CN(C)C1. The topological polar surface area (TPSA) is 39.1 Å². The molecule has 0 aliphatic carbocycles. The van der Waals surface area contributed by atoms with Crippen molar-refractivity contribution in [1.29, 1.82) is 5.26 Å². The molecule has 0 radical (unpaired) electrons. The van der Waals surface area contributed by atoms with Crippen LogP contribution in [0.1, 0.15) is 13.3 Å². The Kier molecular flexibility index (Phi) is 3.51. The summed E-state index contributed by atoms with van der Waals surface area (Å²) >= 11 is 0. The van der Waals surface area contributed by atoms with Gasteiger partial charge in [-0.2, -0.15) is 5.26 Å². The molecule has 0 aromatic rings. The Morgan fingerprint density at radius 3 is 3.00 bits per heavy atom. The van der Waals surface area contributed by atoms with Crippen LogP contribution in [-0.4, -0.2) is 37.6 Å². The molecule has 1 heterocycles. The zero-order valence-electron chi connectivity index (χ0n) is 7.88. The molecule has 1 N–H and O–H groups in total. The van der Waals surface area contributed by atoms with E-state index in [1.54, 1.807) is 0 Å². The van der Waals surface area contributed by atoms with Crippen LogP contribution in [0.25, 0.3) is 0 Å². The highest BCUT2D eigenvalue weighted by atomic mass is 15.1. The maximum atomic E-state index is 8.55. The number of hydrogen-bond acceptors (Lipinski definition) is 3. The largest absolute Gasteiger partial charge is 0.311 e. The lowest BCUT2D eigenvalue weighted by molar-refractivity contribution is 0.302. The average Bonchev–Trinajstić information content (AvgIpc) is 2.13. The van der Waals surface area contributed by atoms with Crippen molar-refractivity contribution in [3.63, 3.8) is 0 Å². The summed E-state index contributed by atoms with van der Waals surface area (Å²) in [6.07, 6.45) is 0.622. The minimum atomic E-state index is 0.366. The highest BCUT2D eigenvalue weighted by Gasteiger charge is 2.17. The third kappa shape index (κ3) is 2.80. The van der Waals surface area contributed by atoms with Crippen LogP contribution in [0.5, 0.6) is 0 Å². The third-order valence-electron chi connectivity index (χ3n) is 2.25. The van der Waals surface area contributed by atoms with Gasteiger partial charge in [-0.15, -0.1) is 0 Å². The summed E-state index contributed by atoms with van der Waals surface area (Å²) in [6.45, 7) is 5.40. The van der Waals surface area contributed by atoms with E-state index in [1.165, 1.54) is 0 Å². The quantitative estimate of drug-likeness (QED) is 0.616. The Labute approximate surface area is 74.4 Å². The molecule has 12 heavy (non-hydrogen) atoms. The van der Waals surface area contributed by atoms with Gasteiger partial charge in [-0.1, -0.05) is 6.92 Å². The van der Waals surface area contributed by atoms with Crippen molar-refractivity contribution in [1.82, 2.24) is 10.2 Å². The molecule has 2 atom stereocenters. The molecule has 0 aromatic heterocycles. The van der Waals surface area contributed by atoms with E-state index in [0.717, 1.165) is 19.6 Å². The maximum Gasteiger partial charge on any atom is 0.0638 e. The maximum absolute atomic E-state index is 8.55. The number of rotatable bonds is 1. The Balaban J connectivity index is 2.42. The second-order valence-electron chi connectivity index (χ2n) is 3.79. The van der Waals surface area contributed by atoms with E-state index in [1.807, 2.05) is 0 Å². The van der Waals surface area contributed by atoms with Gasteiger partial charge >= 0.3 is 0 Å². The molecule has 68 valence electrons. The minimum Gasteiger partial charge on any atom is -0.311 e. The summed E-state index contributed by atoms with van der Waals surface area (Å²) < 4.78 is 0. The molecule has 0 spiro atoms. The summed E-state index contributed by atoms with van der Waals surface area (Å²) in [6, 6.07) is 2.58. The zero-order valence-corrected chi connectivity index (χ0v) is 7.88. The van der Waals surface area contributed by atoms with E-state index in [0.29, 0.717) is 18.4 Å². The first-order valence-electron chi connectivity index (χ1n) is 4.51. The van der Waals surface area contributed by atoms with Crippen molar-refractivity contribution in [3.8, 4) is 6.07 Å². The van der Waals surface area contributed by atoms with Crippen LogP contribution >= 0.6 is 0 Å². The predicted octanol–water partition coefficient (Wildman–Crippen LogP) is 0.440. The van der Waals surface area contributed by atoms with Crippen molar-refractivity contribution >= 4 is 0 Å². The molecule has 1 fully saturated rings. The highest BCUT2D eigenvalue weighted by molar-refractivity contribution is 4.85. The first kappa shape index (κ1) is 9.50. The second-order valence-corrected chi connectivity index (χ2v) is 3.79. The fourth-order valence-electron chi connectivity index (χ4n) is 1.73. The molecule has 0 bridgehead atoms. The molecular weight excluding hydrogens is 150 g/mol. The minimum absolute atomic E-state index is 0.366. The lowest BCUT2D eigenvalue weighted by Gasteiger charge is -2.18. The van der Waals surface area contributed by atoms with Crippen LogP contribution in [0, 0.1) is 17.2 Å². The molecule has 0 aromatic carbocycles. The Bertz CT molecular complexity index is 173. The van der Waals surface area contributed by atoms with Crippen LogP contribution in [-0.2, 0) is 0 Å². The molecule has 1 aliphatic rings. The van der Waals surface area contributed by atoms with E-state index in [4.69, 9.17) is 5.26 Å². The molecular formula is C9H17N3. The number of nitrogens with one attached hydrogen (secondary N) is 1.